The molecule has 19 heavy (non-hydrogen) atoms. The highest BCUT2D eigenvalue weighted by Gasteiger charge is 2.14. The molecule has 0 fully saturated rings. The summed E-state index contributed by atoms with van der Waals surface area (Å²) in [4.78, 5) is 6.94. The molecule has 1 rings (SSSR count). The molecular weight excluding hydrogens is 262 g/mol. The fourth-order valence-electron chi connectivity index (χ4n) is 1.66. The van der Waals surface area contributed by atoms with Crippen molar-refractivity contribution < 1.29 is 9.47 Å². The number of rotatable bonds is 10. The second kappa shape index (κ2) is 9.25. The van der Waals surface area contributed by atoms with Gasteiger partial charge in [0.15, 0.2) is 5.13 Å². The topological polar surface area (TPSA) is 46.6 Å². The Labute approximate surface area is 119 Å². The average Bonchev–Trinajstić information content (AvgIpc) is 2.83. The lowest BCUT2D eigenvalue weighted by Crippen LogP contribution is -2.33. The van der Waals surface area contributed by atoms with Gasteiger partial charge in [-0.15, -0.1) is 11.3 Å². The van der Waals surface area contributed by atoms with Crippen LogP contribution < -0.4 is 10.2 Å². The van der Waals surface area contributed by atoms with Gasteiger partial charge in [-0.3, -0.25) is 0 Å². The van der Waals surface area contributed by atoms with E-state index in [1.54, 1.807) is 25.6 Å². The molecule has 0 aromatic carbocycles. The van der Waals surface area contributed by atoms with Gasteiger partial charge in [0.25, 0.3) is 0 Å². The maximum Gasteiger partial charge on any atom is 0.185 e. The smallest absolute Gasteiger partial charge is 0.185 e. The predicted octanol–water partition coefficient (Wildman–Crippen LogP) is 1.74. The van der Waals surface area contributed by atoms with Crippen LogP contribution in [0.2, 0.25) is 0 Å². The number of aromatic nitrogens is 1. The Morgan fingerprint density at radius 3 is 2.68 bits per heavy atom. The van der Waals surface area contributed by atoms with Crippen LogP contribution in [-0.4, -0.2) is 51.5 Å². The van der Waals surface area contributed by atoms with Crippen molar-refractivity contribution in [2.24, 2.45) is 0 Å². The van der Waals surface area contributed by atoms with Crippen LogP contribution in [0.3, 0.4) is 0 Å². The molecule has 6 heteroatoms. The maximum absolute atomic E-state index is 5.15. The van der Waals surface area contributed by atoms with Crippen LogP contribution in [0, 0.1) is 0 Å². The summed E-state index contributed by atoms with van der Waals surface area (Å²) in [6, 6.07) is 0.426. The Balaban J connectivity index is 2.50. The lowest BCUT2D eigenvalue weighted by molar-refractivity contribution is 0.199. The molecule has 0 saturated carbocycles. The van der Waals surface area contributed by atoms with Gasteiger partial charge >= 0.3 is 0 Å². The number of hydrogen-bond acceptors (Lipinski definition) is 6. The standard InChI is InChI=1S/C13H25N3O2S/c1-11(2)16(6-8-18-4)13-15-12(10-19-13)9-14-5-7-17-3/h10-11,14H,5-9H2,1-4H3. The van der Waals surface area contributed by atoms with Gasteiger partial charge in [-0.05, 0) is 13.8 Å². The average molecular weight is 287 g/mol. The molecule has 0 unspecified atom stereocenters. The molecule has 1 N–H and O–H groups in total. The van der Waals surface area contributed by atoms with Crippen molar-refractivity contribution in [2.75, 3.05) is 45.4 Å². The van der Waals surface area contributed by atoms with E-state index in [4.69, 9.17) is 9.47 Å². The minimum absolute atomic E-state index is 0.426. The second-order valence-corrected chi connectivity index (χ2v) is 5.41. The van der Waals surface area contributed by atoms with E-state index in [-0.39, 0.29) is 0 Å². The largest absolute Gasteiger partial charge is 0.383 e. The first-order valence-electron chi connectivity index (χ1n) is 6.58. The first kappa shape index (κ1) is 16.4. The summed E-state index contributed by atoms with van der Waals surface area (Å²) in [5.41, 5.74) is 1.08. The van der Waals surface area contributed by atoms with E-state index >= 15 is 0 Å². The molecule has 0 amide bonds. The zero-order chi connectivity index (χ0) is 14.1. The maximum atomic E-state index is 5.15. The first-order valence-corrected chi connectivity index (χ1v) is 7.46. The van der Waals surface area contributed by atoms with Crippen LogP contribution in [0.1, 0.15) is 19.5 Å². The molecule has 0 saturated heterocycles. The van der Waals surface area contributed by atoms with Gasteiger partial charge in [0.1, 0.15) is 0 Å². The molecule has 1 aromatic heterocycles. The number of methoxy groups -OCH3 is 2. The molecule has 1 aromatic rings. The van der Waals surface area contributed by atoms with Crippen LogP contribution >= 0.6 is 11.3 Å². The monoisotopic (exact) mass is 287 g/mol. The minimum Gasteiger partial charge on any atom is -0.383 e. The molecule has 0 bridgehead atoms. The number of nitrogens with one attached hydrogen (secondary N) is 1. The molecule has 0 aliphatic heterocycles. The van der Waals surface area contributed by atoms with E-state index in [1.165, 1.54) is 0 Å². The van der Waals surface area contributed by atoms with E-state index in [9.17, 15) is 0 Å². The first-order chi connectivity index (χ1) is 9.19. The number of hydrogen-bond donors (Lipinski definition) is 1. The fraction of sp³-hybridized carbons (Fsp3) is 0.769. The normalized spacial score (nSPS) is 11.2. The molecule has 1 heterocycles. The lowest BCUT2D eigenvalue weighted by atomic mass is 10.3. The van der Waals surface area contributed by atoms with Gasteiger partial charge < -0.3 is 19.7 Å². The second-order valence-electron chi connectivity index (χ2n) is 4.57. The van der Waals surface area contributed by atoms with Crippen molar-refractivity contribution in [3.63, 3.8) is 0 Å². The zero-order valence-corrected chi connectivity index (χ0v) is 13.1. The summed E-state index contributed by atoms with van der Waals surface area (Å²) >= 11 is 1.69. The summed E-state index contributed by atoms with van der Waals surface area (Å²) in [5, 5.41) is 6.48. The number of ether oxygens (including phenoxy) is 2. The summed E-state index contributed by atoms with van der Waals surface area (Å²) < 4.78 is 10.1. The van der Waals surface area contributed by atoms with Gasteiger partial charge in [0, 0.05) is 45.3 Å². The molecule has 0 atom stereocenters. The lowest BCUT2D eigenvalue weighted by Gasteiger charge is -2.25. The SMILES string of the molecule is COCCNCc1csc(N(CCOC)C(C)C)n1. The van der Waals surface area contributed by atoms with Gasteiger partial charge in [-0.2, -0.15) is 0 Å². The highest BCUT2D eigenvalue weighted by Crippen LogP contribution is 2.22. The number of anilines is 1. The summed E-state index contributed by atoms with van der Waals surface area (Å²) in [5.74, 6) is 0. The van der Waals surface area contributed by atoms with E-state index in [2.05, 4.69) is 34.4 Å². The van der Waals surface area contributed by atoms with Crippen LogP contribution in [0.15, 0.2) is 5.38 Å². The van der Waals surface area contributed by atoms with Gasteiger partial charge in [-0.25, -0.2) is 4.98 Å². The Bertz CT molecular complexity index is 344. The molecule has 0 aliphatic carbocycles. The Hall–Kier alpha value is -0.690. The highest BCUT2D eigenvalue weighted by atomic mass is 32.1. The van der Waals surface area contributed by atoms with E-state index < -0.39 is 0 Å². The van der Waals surface area contributed by atoms with Crippen molar-refractivity contribution in [3.05, 3.63) is 11.1 Å². The Morgan fingerprint density at radius 2 is 2.05 bits per heavy atom. The highest BCUT2D eigenvalue weighted by molar-refractivity contribution is 7.13. The molecule has 5 nitrogen and oxygen atoms in total. The third-order valence-electron chi connectivity index (χ3n) is 2.73. The van der Waals surface area contributed by atoms with E-state index in [0.29, 0.717) is 6.04 Å². The minimum atomic E-state index is 0.426. The third-order valence-corrected chi connectivity index (χ3v) is 3.66. The zero-order valence-electron chi connectivity index (χ0n) is 12.3. The van der Waals surface area contributed by atoms with E-state index in [1.807, 2.05) is 0 Å². The van der Waals surface area contributed by atoms with Crippen molar-refractivity contribution in [2.45, 2.75) is 26.4 Å². The molecular formula is C13H25N3O2S. The number of nitrogens with zero attached hydrogens (tertiary/aromatic N) is 2. The fourth-order valence-corrected chi connectivity index (χ4v) is 2.65. The summed E-state index contributed by atoms with van der Waals surface area (Å²) in [7, 11) is 3.43. The van der Waals surface area contributed by atoms with Crippen LogP contribution in [0.4, 0.5) is 5.13 Å². The molecule has 0 aliphatic rings. The quantitative estimate of drug-likeness (QED) is 0.664. The van der Waals surface area contributed by atoms with Crippen molar-refractivity contribution in [1.29, 1.82) is 0 Å². The predicted molar refractivity (Wildman–Crippen MR) is 80.1 cm³/mol. The van der Waals surface area contributed by atoms with Crippen LogP contribution in [0.5, 0.6) is 0 Å². The van der Waals surface area contributed by atoms with E-state index in [0.717, 1.165) is 43.7 Å². The Kier molecular flexibility index (Phi) is 7.97. The summed E-state index contributed by atoms with van der Waals surface area (Å²) in [6.45, 7) is 8.30. The van der Waals surface area contributed by atoms with Gasteiger partial charge in [-0.1, -0.05) is 0 Å². The molecule has 0 radical (unpaired) electrons. The Morgan fingerprint density at radius 1 is 1.32 bits per heavy atom. The summed E-state index contributed by atoms with van der Waals surface area (Å²) in [6.07, 6.45) is 0. The number of thiazole rings is 1. The van der Waals surface area contributed by atoms with Gasteiger partial charge in [0.05, 0.1) is 18.9 Å². The van der Waals surface area contributed by atoms with Crippen molar-refractivity contribution in [3.8, 4) is 0 Å². The van der Waals surface area contributed by atoms with Crippen molar-refractivity contribution >= 4 is 16.5 Å². The van der Waals surface area contributed by atoms with Gasteiger partial charge in [0.2, 0.25) is 0 Å². The van der Waals surface area contributed by atoms with Crippen LogP contribution in [0.25, 0.3) is 0 Å². The molecule has 0 spiro atoms. The molecule has 110 valence electrons. The third kappa shape index (κ3) is 5.86. The van der Waals surface area contributed by atoms with Crippen LogP contribution in [-0.2, 0) is 16.0 Å². The van der Waals surface area contributed by atoms with Crippen molar-refractivity contribution in [1.82, 2.24) is 10.3 Å².